The van der Waals surface area contributed by atoms with Gasteiger partial charge in [0.15, 0.2) is 11.5 Å². The zero-order valence-corrected chi connectivity index (χ0v) is 19.3. The summed E-state index contributed by atoms with van der Waals surface area (Å²) < 4.78 is 17.3. The van der Waals surface area contributed by atoms with Gasteiger partial charge in [-0.15, -0.1) is 0 Å². The van der Waals surface area contributed by atoms with Crippen molar-refractivity contribution in [1.82, 2.24) is 0 Å². The SMILES string of the molecule is CCCOc1ccc([C@@H]2C(C(=O)OC3CCCC3)=C(C)N=C3CCCC(=O)C32)cc1OC. The topological polar surface area (TPSA) is 74.2 Å². The van der Waals surface area contributed by atoms with E-state index in [-0.39, 0.29) is 17.9 Å². The number of fused-ring (bicyclic) bond motifs is 1. The summed E-state index contributed by atoms with van der Waals surface area (Å²) in [6.45, 7) is 4.50. The Kier molecular flexibility index (Phi) is 6.97. The van der Waals surface area contributed by atoms with E-state index in [4.69, 9.17) is 19.2 Å². The van der Waals surface area contributed by atoms with Gasteiger partial charge in [0.1, 0.15) is 11.9 Å². The molecule has 0 aromatic heterocycles. The van der Waals surface area contributed by atoms with Gasteiger partial charge in [-0.25, -0.2) is 4.79 Å². The number of nitrogens with zero attached hydrogens (tertiary/aromatic N) is 1. The number of hydrogen-bond acceptors (Lipinski definition) is 6. The average molecular weight is 440 g/mol. The monoisotopic (exact) mass is 439 g/mol. The van der Waals surface area contributed by atoms with E-state index in [1.807, 2.05) is 32.0 Å². The van der Waals surface area contributed by atoms with Gasteiger partial charge in [0.2, 0.25) is 0 Å². The van der Waals surface area contributed by atoms with Gasteiger partial charge in [0.05, 0.1) is 25.2 Å². The normalized spacial score (nSPS) is 23.6. The number of ketones is 1. The van der Waals surface area contributed by atoms with Gasteiger partial charge in [-0.05, 0) is 69.6 Å². The molecule has 0 saturated heterocycles. The maximum absolute atomic E-state index is 13.4. The number of methoxy groups -OCH3 is 1. The molecule has 2 atom stereocenters. The lowest BCUT2D eigenvalue weighted by molar-refractivity contribution is -0.144. The first kappa shape index (κ1) is 22.6. The number of allylic oxidation sites excluding steroid dienone is 1. The van der Waals surface area contributed by atoms with Crippen molar-refractivity contribution < 1.29 is 23.8 Å². The van der Waals surface area contributed by atoms with Crippen LogP contribution in [0.3, 0.4) is 0 Å². The van der Waals surface area contributed by atoms with Crippen LogP contribution in [-0.2, 0) is 14.3 Å². The molecule has 6 heteroatoms. The van der Waals surface area contributed by atoms with E-state index < -0.39 is 11.8 Å². The Hall–Kier alpha value is -2.63. The highest BCUT2D eigenvalue weighted by Gasteiger charge is 2.44. The van der Waals surface area contributed by atoms with Crippen molar-refractivity contribution in [3.05, 3.63) is 35.0 Å². The Morgan fingerprint density at radius 2 is 1.88 bits per heavy atom. The third-order valence-electron chi connectivity index (χ3n) is 6.71. The van der Waals surface area contributed by atoms with Crippen LogP contribution < -0.4 is 9.47 Å². The molecule has 0 N–H and O–H groups in total. The van der Waals surface area contributed by atoms with Crippen LogP contribution >= 0.6 is 0 Å². The standard InChI is InChI=1S/C26H33NO5/c1-4-14-31-21-13-12-17(15-22(21)30-3)24-23(26(29)32-18-8-5-6-9-18)16(2)27-19-10-7-11-20(28)25(19)24/h12-13,15,18,24-25H,4-11,14H2,1-3H3/t24-,25?/m1/s1. The molecule has 1 aromatic carbocycles. The average Bonchev–Trinajstić information content (AvgIpc) is 3.29. The zero-order chi connectivity index (χ0) is 22.7. The van der Waals surface area contributed by atoms with E-state index in [9.17, 15) is 9.59 Å². The summed E-state index contributed by atoms with van der Waals surface area (Å²) in [6, 6.07) is 5.72. The maximum atomic E-state index is 13.4. The van der Waals surface area contributed by atoms with Gasteiger partial charge in [-0.2, -0.15) is 0 Å². The molecule has 6 nitrogen and oxygen atoms in total. The summed E-state index contributed by atoms with van der Waals surface area (Å²) in [6.07, 6.45) is 6.91. The van der Waals surface area contributed by atoms with Crippen molar-refractivity contribution >= 4 is 17.5 Å². The first-order valence-corrected chi connectivity index (χ1v) is 11.9. The molecule has 4 rings (SSSR count). The Morgan fingerprint density at radius 1 is 1.09 bits per heavy atom. The lowest BCUT2D eigenvalue weighted by atomic mass is 9.69. The van der Waals surface area contributed by atoms with E-state index in [0.717, 1.165) is 56.2 Å². The number of benzene rings is 1. The third-order valence-corrected chi connectivity index (χ3v) is 6.71. The predicted octanol–water partition coefficient (Wildman–Crippen LogP) is 5.15. The predicted molar refractivity (Wildman–Crippen MR) is 122 cm³/mol. The van der Waals surface area contributed by atoms with Gasteiger partial charge >= 0.3 is 5.97 Å². The first-order chi connectivity index (χ1) is 15.5. The van der Waals surface area contributed by atoms with Crippen LogP contribution in [0.2, 0.25) is 0 Å². The second-order valence-corrected chi connectivity index (χ2v) is 8.95. The smallest absolute Gasteiger partial charge is 0.336 e. The van der Waals surface area contributed by atoms with Crippen LogP contribution in [0, 0.1) is 5.92 Å². The molecule has 172 valence electrons. The quantitative estimate of drug-likeness (QED) is 0.549. The molecule has 0 radical (unpaired) electrons. The number of aliphatic imine (C=N–C) groups is 1. The number of ether oxygens (including phenoxy) is 3. The van der Waals surface area contributed by atoms with Crippen molar-refractivity contribution in [3.63, 3.8) is 0 Å². The maximum Gasteiger partial charge on any atom is 0.336 e. The van der Waals surface area contributed by atoms with Crippen molar-refractivity contribution in [2.45, 2.75) is 77.2 Å². The fourth-order valence-electron chi connectivity index (χ4n) is 5.18. The van der Waals surface area contributed by atoms with Crippen LogP contribution in [-0.4, -0.2) is 37.3 Å². The molecule has 1 aromatic rings. The molecule has 2 fully saturated rings. The van der Waals surface area contributed by atoms with E-state index >= 15 is 0 Å². The number of hydrogen-bond donors (Lipinski definition) is 0. The second-order valence-electron chi connectivity index (χ2n) is 8.95. The van der Waals surface area contributed by atoms with Gasteiger partial charge in [-0.1, -0.05) is 13.0 Å². The molecule has 0 bridgehead atoms. The zero-order valence-electron chi connectivity index (χ0n) is 19.3. The molecule has 0 amide bonds. The molecule has 1 heterocycles. The van der Waals surface area contributed by atoms with Crippen molar-refractivity contribution in [1.29, 1.82) is 0 Å². The van der Waals surface area contributed by atoms with E-state index in [2.05, 4.69) is 0 Å². The molecule has 0 spiro atoms. The molecule has 2 saturated carbocycles. The highest BCUT2D eigenvalue weighted by molar-refractivity contribution is 6.11. The summed E-state index contributed by atoms with van der Waals surface area (Å²) in [5.74, 6) is 0.219. The minimum Gasteiger partial charge on any atom is -0.493 e. The second kappa shape index (κ2) is 9.88. The number of esters is 1. The van der Waals surface area contributed by atoms with Gasteiger partial charge in [-0.3, -0.25) is 9.79 Å². The summed E-state index contributed by atoms with van der Waals surface area (Å²) in [4.78, 5) is 31.2. The lowest BCUT2D eigenvalue weighted by Crippen LogP contribution is -2.39. The Bertz CT molecular complexity index is 942. The molecular weight excluding hydrogens is 406 g/mol. The summed E-state index contributed by atoms with van der Waals surface area (Å²) >= 11 is 0. The largest absolute Gasteiger partial charge is 0.493 e. The Labute approximate surface area is 190 Å². The molecule has 2 aliphatic carbocycles. The summed E-state index contributed by atoms with van der Waals surface area (Å²) in [5, 5.41) is 0. The molecular formula is C26H33NO5. The fourth-order valence-corrected chi connectivity index (χ4v) is 5.18. The number of rotatable bonds is 7. The van der Waals surface area contributed by atoms with Crippen molar-refractivity contribution in [2.75, 3.05) is 13.7 Å². The molecule has 3 aliphatic rings. The number of Topliss-reactive ketones (excluding diaryl/α,β-unsaturated/α-hetero) is 1. The van der Waals surface area contributed by atoms with Gasteiger partial charge < -0.3 is 14.2 Å². The van der Waals surface area contributed by atoms with Crippen LogP contribution in [0.5, 0.6) is 11.5 Å². The van der Waals surface area contributed by atoms with Crippen molar-refractivity contribution in [3.8, 4) is 11.5 Å². The Balaban J connectivity index is 1.75. The molecule has 32 heavy (non-hydrogen) atoms. The van der Waals surface area contributed by atoms with Crippen molar-refractivity contribution in [2.24, 2.45) is 10.9 Å². The van der Waals surface area contributed by atoms with Gasteiger partial charge in [0.25, 0.3) is 0 Å². The Morgan fingerprint density at radius 3 is 2.59 bits per heavy atom. The molecule has 1 aliphatic heterocycles. The van der Waals surface area contributed by atoms with E-state index in [1.54, 1.807) is 7.11 Å². The van der Waals surface area contributed by atoms with Crippen LogP contribution in [0.25, 0.3) is 0 Å². The third kappa shape index (κ3) is 4.45. The van der Waals surface area contributed by atoms with Gasteiger partial charge in [0, 0.05) is 23.7 Å². The molecule has 1 unspecified atom stereocenters. The minimum absolute atomic E-state index is 0.0461. The fraction of sp³-hybridized carbons (Fsp3) is 0.577. The van der Waals surface area contributed by atoms with Crippen LogP contribution in [0.4, 0.5) is 0 Å². The number of carbonyl (C=O) groups is 2. The van der Waals surface area contributed by atoms with E-state index in [1.165, 1.54) is 0 Å². The van der Waals surface area contributed by atoms with Crippen LogP contribution in [0.1, 0.15) is 76.7 Å². The lowest BCUT2D eigenvalue weighted by Gasteiger charge is -2.36. The van der Waals surface area contributed by atoms with E-state index in [0.29, 0.717) is 35.8 Å². The summed E-state index contributed by atoms with van der Waals surface area (Å²) in [7, 11) is 1.60. The highest BCUT2D eigenvalue weighted by atomic mass is 16.5. The van der Waals surface area contributed by atoms with Crippen LogP contribution in [0.15, 0.2) is 34.5 Å². The number of carbonyl (C=O) groups excluding carboxylic acids is 2. The first-order valence-electron chi connectivity index (χ1n) is 11.9. The summed E-state index contributed by atoms with van der Waals surface area (Å²) in [5.41, 5.74) is 2.90. The highest BCUT2D eigenvalue weighted by Crippen LogP contribution is 2.45. The minimum atomic E-state index is -0.425.